The number of nitrogens with one attached hydrogen (secondary N) is 1. The van der Waals surface area contributed by atoms with Gasteiger partial charge in [-0.2, -0.15) is 0 Å². The van der Waals surface area contributed by atoms with Crippen LogP contribution in [-0.2, 0) is 9.59 Å². The molecule has 0 aliphatic carbocycles. The molecule has 0 spiro atoms. The van der Waals surface area contributed by atoms with Gasteiger partial charge in [-0.25, -0.2) is 4.79 Å². The molecule has 3 unspecified atom stereocenters. The van der Waals surface area contributed by atoms with Gasteiger partial charge in [0.05, 0.1) is 10.8 Å². The highest BCUT2D eigenvalue weighted by molar-refractivity contribution is 8.00. The molecule has 5 nitrogen and oxygen atoms in total. The zero-order valence-corrected chi connectivity index (χ0v) is 13.0. The first kappa shape index (κ1) is 15.6. The minimum absolute atomic E-state index is 0.0120. The highest BCUT2D eigenvalue weighted by atomic mass is 32.2. The van der Waals surface area contributed by atoms with Gasteiger partial charge in [-0.05, 0) is 25.8 Å². The van der Waals surface area contributed by atoms with Gasteiger partial charge in [-0.3, -0.25) is 4.79 Å². The summed E-state index contributed by atoms with van der Waals surface area (Å²) in [5.41, 5.74) is -0.388. The number of hydrogen-bond acceptors (Lipinski definition) is 4. The van der Waals surface area contributed by atoms with E-state index in [0.717, 1.165) is 32.2 Å². The number of carbonyl (C=O) groups is 2. The van der Waals surface area contributed by atoms with Crippen molar-refractivity contribution in [3.8, 4) is 0 Å². The molecule has 0 aromatic rings. The van der Waals surface area contributed by atoms with Gasteiger partial charge in [0, 0.05) is 12.3 Å². The molecule has 2 rings (SSSR count). The van der Waals surface area contributed by atoms with Crippen molar-refractivity contribution in [1.29, 1.82) is 0 Å². The van der Waals surface area contributed by atoms with Gasteiger partial charge in [0.1, 0.15) is 6.04 Å². The second-order valence-corrected chi connectivity index (χ2v) is 6.93. The van der Waals surface area contributed by atoms with Crippen LogP contribution in [0.3, 0.4) is 0 Å². The highest BCUT2D eigenvalue weighted by Crippen LogP contribution is 2.39. The minimum Gasteiger partial charge on any atom is -0.480 e. The molecule has 20 heavy (non-hydrogen) atoms. The van der Waals surface area contributed by atoms with E-state index in [0.29, 0.717) is 12.3 Å². The number of hydrogen-bond donors (Lipinski definition) is 2. The van der Waals surface area contributed by atoms with Crippen molar-refractivity contribution in [3.05, 3.63) is 0 Å². The Labute approximate surface area is 124 Å². The molecule has 2 heterocycles. The van der Waals surface area contributed by atoms with E-state index in [1.807, 2.05) is 6.92 Å². The number of amides is 1. The Morgan fingerprint density at radius 1 is 1.45 bits per heavy atom. The van der Waals surface area contributed by atoms with Crippen molar-refractivity contribution in [2.24, 2.45) is 5.41 Å². The first-order chi connectivity index (χ1) is 9.55. The van der Waals surface area contributed by atoms with Crippen molar-refractivity contribution in [3.63, 3.8) is 0 Å². The third-order valence-electron chi connectivity index (χ3n) is 4.39. The maximum absolute atomic E-state index is 13.1. The summed E-state index contributed by atoms with van der Waals surface area (Å²) in [6.07, 6.45) is 3.41. The Kier molecular flexibility index (Phi) is 4.96. The summed E-state index contributed by atoms with van der Waals surface area (Å²) in [6.45, 7) is 5.63. The largest absolute Gasteiger partial charge is 0.480 e. The number of rotatable bonds is 5. The van der Waals surface area contributed by atoms with Gasteiger partial charge in [0.2, 0.25) is 5.91 Å². The molecule has 2 aliphatic rings. The minimum atomic E-state index is -0.876. The van der Waals surface area contributed by atoms with Crippen LogP contribution in [0.1, 0.15) is 39.5 Å². The fourth-order valence-electron chi connectivity index (χ4n) is 3.34. The molecule has 3 atom stereocenters. The monoisotopic (exact) mass is 300 g/mol. The van der Waals surface area contributed by atoms with E-state index in [4.69, 9.17) is 0 Å². The van der Waals surface area contributed by atoms with E-state index in [9.17, 15) is 14.7 Å². The molecule has 0 bridgehead atoms. The van der Waals surface area contributed by atoms with Gasteiger partial charge >= 0.3 is 5.97 Å². The second-order valence-electron chi connectivity index (χ2n) is 5.72. The summed E-state index contributed by atoms with van der Waals surface area (Å²) in [5.74, 6) is -0.317. The lowest BCUT2D eigenvalue weighted by atomic mass is 9.80. The van der Waals surface area contributed by atoms with Gasteiger partial charge < -0.3 is 15.3 Å². The van der Waals surface area contributed by atoms with Crippen LogP contribution >= 0.6 is 11.8 Å². The molecule has 0 saturated carbocycles. The molecule has 1 amide bonds. The number of thioether (sulfide) groups is 1. The average Bonchev–Trinajstić information content (AvgIpc) is 3.04. The van der Waals surface area contributed by atoms with Gasteiger partial charge in [0.15, 0.2) is 0 Å². The molecule has 114 valence electrons. The quantitative estimate of drug-likeness (QED) is 0.806. The number of carbonyl (C=O) groups excluding carboxylic acids is 1. The standard InChI is InChI=1S/C14H24N2O3S/c1-3-5-14(6-7-15-9-14)13(19)16-10(12(17)18)8-20-11(16)4-2/h10-11,15H,3-9H2,1-2H3,(H,17,18). The van der Waals surface area contributed by atoms with Gasteiger partial charge in [-0.15, -0.1) is 11.8 Å². The molecule has 2 N–H and O–H groups in total. The fourth-order valence-corrected chi connectivity index (χ4v) is 4.69. The van der Waals surface area contributed by atoms with E-state index in [-0.39, 0.29) is 16.7 Å². The van der Waals surface area contributed by atoms with E-state index in [1.54, 1.807) is 16.7 Å². The maximum Gasteiger partial charge on any atom is 0.327 e. The third kappa shape index (κ3) is 2.68. The number of carboxylic acid groups (broad SMARTS) is 1. The first-order valence-electron chi connectivity index (χ1n) is 7.43. The van der Waals surface area contributed by atoms with Crippen LogP contribution in [-0.4, -0.2) is 52.1 Å². The zero-order chi connectivity index (χ0) is 14.8. The molecular formula is C14H24N2O3S. The summed E-state index contributed by atoms with van der Waals surface area (Å²) in [4.78, 5) is 26.1. The Morgan fingerprint density at radius 2 is 2.20 bits per heavy atom. The first-order valence-corrected chi connectivity index (χ1v) is 8.48. The smallest absolute Gasteiger partial charge is 0.327 e. The summed E-state index contributed by atoms with van der Waals surface area (Å²) < 4.78 is 0. The summed E-state index contributed by atoms with van der Waals surface area (Å²) in [7, 11) is 0. The van der Waals surface area contributed by atoms with Crippen molar-refractivity contribution in [2.45, 2.75) is 50.9 Å². The van der Waals surface area contributed by atoms with Crippen LogP contribution in [0.2, 0.25) is 0 Å². The van der Waals surface area contributed by atoms with Crippen LogP contribution in [0.4, 0.5) is 0 Å². The molecule has 2 aliphatic heterocycles. The lowest BCUT2D eigenvalue weighted by molar-refractivity contribution is -0.154. The van der Waals surface area contributed by atoms with Crippen LogP contribution < -0.4 is 5.32 Å². The average molecular weight is 300 g/mol. The Bertz CT molecular complexity index is 383. The van der Waals surface area contributed by atoms with Crippen molar-refractivity contribution >= 4 is 23.6 Å². The maximum atomic E-state index is 13.1. The Hall–Kier alpha value is -0.750. The number of aliphatic carboxylic acids is 1. The van der Waals surface area contributed by atoms with Gasteiger partial charge in [-0.1, -0.05) is 20.3 Å². The zero-order valence-electron chi connectivity index (χ0n) is 12.2. The molecule has 2 saturated heterocycles. The van der Waals surface area contributed by atoms with Gasteiger partial charge in [0.25, 0.3) is 0 Å². The van der Waals surface area contributed by atoms with Crippen LogP contribution in [0.5, 0.6) is 0 Å². The second kappa shape index (κ2) is 6.35. The van der Waals surface area contributed by atoms with Crippen LogP contribution in [0.15, 0.2) is 0 Å². The number of carboxylic acids is 1. The Morgan fingerprint density at radius 3 is 2.70 bits per heavy atom. The molecule has 0 aromatic carbocycles. The fraction of sp³-hybridized carbons (Fsp3) is 0.857. The summed E-state index contributed by atoms with van der Waals surface area (Å²) in [6, 6.07) is -0.660. The van der Waals surface area contributed by atoms with Crippen molar-refractivity contribution < 1.29 is 14.7 Å². The summed E-state index contributed by atoms with van der Waals surface area (Å²) >= 11 is 1.59. The lowest BCUT2D eigenvalue weighted by Gasteiger charge is -2.36. The summed E-state index contributed by atoms with van der Waals surface area (Å²) in [5, 5.41) is 12.7. The lowest BCUT2D eigenvalue weighted by Crippen LogP contribution is -2.52. The Balaban J connectivity index is 2.25. The topological polar surface area (TPSA) is 69.6 Å². The molecule has 0 aromatic heterocycles. The normalized spacial score (nSPS) is 33.6. The predicted octanol–water partition coefficient (Wildman–Crippen LogP) is 1.53. The molecular weight excluding hydrogens is 276 g/mol. The van der Waals surface area contributed by atoms with E-state index >= 15 is 0 Å². The van der Waals surface area contributed by atoms with Crippen molar-refractivity contribution in [2.75, 3.05) is 18.8 Å². The number of nitrogens with zero attached hydrogens (tertiary/aromatic N) is 1. The SMILES string of the molecule is CCCC1(C(=O)N2C(CC)SCC2C(=O)O)CCNC1. The molecule has 6 heteroatoms. The predicted molar refractivity (Wildman–Crippen MR) is 79.6 cm³/mol. The highest BCUT2D eigenvalue weighted by Gasteiger charge is 2.49. The van der Waals surface area contributed by atoms with Crippen molar-refractivity contribution in [1.82, 2.24) is 10.2 Å². The van der Waals surface area contributed by atoms with E-state index in [1.165, 1.54) is 0 Å². The van der Waals surface area contributed by atoms with Crippen LogP contribution in [0, 0.1) is 5.41 Å². The van der Waals surface area contributed by atoms with Crippen LogP contribution in [0.25, 0.3) is 0 Å². The third-order valence-corrected chi connectivity index (χ3v) is 5.84. The van der Waals surface area contributed by atoms with E-state index < -0.39 is 12.0 Å². The van der Waals surface area contributed by atoms with E-state index in [2.05, 4.69) is 12.2 Å². The molecule has 2 fully saturated rings. The molecule has 0 radical (unpaired) electrons.